The van der Waals surface area contributed by atoms with E-state index < -0.39 is 0 Å². The van der Waals surface area contributed by atoms with E-state index in [2.05, 4.69) is 20.8 Å². The van der Waals surface area contributed by atoms with Crippen LogP contribution in [0.1, 0.15) is 17.2 Å². The topological polar surface area (TPSA) is 64.9 Å². The summed E-state index contributed by atoms with van der Waals surface area (Å²) in [5.74, 6) is 1.30. The molecule has 6 nitrogen and oxygen atoms in total. The lowest BCUT2D eigenvalue weighted by Gasteiger charge is -2.24. The zero-order valence-electron chi connectivity index (χ0n) is 13.1. The Morgan fingerprint density at radius 2 is 2.00 bits per heavy atom. The smallest absolute Gasteiger partial charge is 0.248 e. The van der Waals surface area contributed by atoms with Crippen LogP contribution in [0.25, 0.3) is 5.70 Å². The van der Waals surface area contributed by atoms with Gasteiger partial charge in [-0.25, -0.2) is 0 Å². The number of anilines is 1. The fourth-order valence-corrected chi connectivity index (χ4v) is 3.20. The van der Waals surface area contributed by atoms with Crippen molar-refractivity contribution in [2.45, 2.75) is 6.04 Å². The predicted molar refractivity (Wildman–Crippen MR) is 97.0 cm³/mol. The lowest BCUT2D eigenvalue weighted by Crippen LogP contribution is -2.20. The van der Waals surface area contributed by atoms with Crippen molar-refractivity contribution in [3.8, 4) is 5.75 Å². The molecular weight excluding hydrogens is 361 g/mol. The lowest BCUT2D eigenvalue weighted by atomic mass is 10.0. The Morgan fingerprint density at radius 3 is 2.84 bits per heavy atom. The van der Waals surface area contributed by atoms with E-state index in [1.165, 1.54) is 0 Å². The first-order chi connectivity index (χ1) is 12.2. The molecule has 0 unspecified atom stereocenters. The van der Waals surface area contributed by atoms with E-state index in [9.17, 15) is 0 Å². The number of halogens is 2. The molecule has 0 spiro atoms. The second-order valence-electron chi connectivity index (χ2n) is 5.47. The van der Waals surface area contributed by atoms with Gasteiger partial charge in [-0.15, -0.1) is 0 Å². The third-order valence-electron chi connectivity index (χ3n) is 4.01. The zero-order chi connectivity index (χ0) is 17.4. The number of benzene rings is 2. The maximum atomic E-state index is 6.42. The van der Waals surface area contributed by atoms with E-state index in [4.69, 9.17) is 27.9 Å². The number of aromatic nitrogens is 4. The number of nitrogens with zero attached hydrogens (tertiary/aromatic N) is 4. The number of hydrogen-bond acceptors (Lipinski definition) is 5. The van der Waals surface area contributed by atoms with Crippen LogP contribution in [0.2, 0.25) is 10.0 Å². The fourth-order valence-electron chi connectivity index (χ4n) is 2.78. The zero-order valence-corrected chi connectivity index (χ0v) is 14.7. The van der Waals surface area contributed by atoms with E-state index in [0.29, 0.717) is 16.0 Å². The molecule has 0 radical (unpaired) electrons. The van der Waals surface area contributed by atoms with Gasteiger partial charge < -0.3 is 10.1 Å². The molecule has 8 heteroatoms. The molecule has 126 valence electrons. The average Bonchev–Trinajstić information content (AvgIpc) is 3.12. The summed E-state index contributed by atoms with van der Waals surface area (Å²) in [5.41, 5.74) is 2.64. The van der Waals surface area contributed by atoms with Gasteiger partial charge in [0.2, 0.25) is 5.95 Å². The maximum Gasteiger partial charge on any atom is 0.248 e. The van der Waals surface area contributed by atoms with Gasteiger partial charge >= 0.3 is 0 Å². The van der Waals surface area contributed by atoms with Gasteiger partial charge in [0.1, 0.15) is 11.8 Å². The van der Waals surface area contributed by atoms with E-state index in [1.54, 1.807) is 17.9 Å². The van der Waals surface area contributed by atoms with Gasteiger partial charge in [-0.05, 0) is 34.7 Å². The molecule has 2 heterocycles. The SMILES string of the molecule is COc1cccc(C2=C[C@H](c3cccc(Cl)c3Cl)n3nnnc3N2)c1. The summed E-state index contributed by atoms with van der Waals surface area (Å²) in [6.07, 6.45) is 2.01. The lowest BCUT2D eigenvalue weighted by molar-refractivity contribution is 0.414. The molecule has 0 saturated heterocycles. The molecule has 1 aliphatic heterocycles. The molecule has 0 fully saturated rings. The third-order valence-corrected chi connectivity index (χ3v) is 4.84. The number of allylic oxidation sites excluding steroid dienone is 1. The molecule has 1 N–H and O–H groups in total. The molecule has 0 aliphatic carbocycles. The van der Waals surface area contributed by atoms with Gasteiger partial charge in [0.25, 0.3) is 0 Å². The molecule has 1 aromatic heterocycles. The molecule has 0 bridgehead atoms. The van der Waals surface area contributed by atoms with E-state index >= 15 is 0 Å². The quantitative estimate of drug-likeness (QED) is 0.750. The highest BCUT2D eigenvalue weighted by Crippen LogP contribution is 2.37. The second-order valence-corrected chi connectivity index (χ2v) is 6.26. The van der Waals surface area contributed by atoms with Crippen LogP contribution in [0.4, 0.5) is 5.95 Å². The average molecular weight is 374 g/mol. The Kier molecular flexibility index (Phi) is 4.07. The summed E-state index contributed by atoms with van der Waals surface area (Å²) in [7, 11) is 1.64. The second kappa shape index (κ2) is 6.38. The van der Waals surface area contributed by atoms with Crippen molar-refractivity contribution >= 4 is 34.8 Å². The Labute approximate surface area is 154 Å². The molecule has 2 aromatic carbocycles. The summed E-state index contributed by atoms with van der Waals surface area (Å²) in [4.78, 5) is 0. The van der Waals surface area contributed by atoms with Crippen LogP contribution in [-0.2, 0) is 0 Å². The van der Waals surface area contributed by atoms with Crippen molar-refractivity contribution in [2.75, 3.05) is 12.4 Å². The van der Waals surface area contributed by atoms with Crippen molar-refractivity contribution in [2.24, 2.45) is 0 Å². The van der Waals surface area contributed by atoms with Crippen LogP contribution in [0, 0.1) is 0 Å². The minimum Gasteiger partial charge on any atom is -0.497 e. The number of rotatable bonds is 3. The van der Waals surface area contributed by atoms with E-state index in [-0.39, 0.29) is 6.04 Å². The highest BCUT2D eigenvalue weighted by molar-refractivity contribution is 6.42. The van der Waals surface area contributed by atoms with Gasteiger partial charge in [0, 0.05) is 16.8 Å². The monoisotopic (exact) mass is 373 g/mol. The summed E-state index contributed by atoms with van der Waals surface area (Å²) >= 11 is 12.6. The van der Waals surface area contributed by atoms with Crippen molar-refractivity contribution < 1.29 is 4.74 Å². The minimum absolute atomic E-state index is 0.279. The Hall–Kier alpha value is -2.57. The van der Waals surface area contributed by atoms with Gasteiger partial charge in [-0.1, -0.05) is 52.6 Å². The molecule has 1 atom stereocenters. The molecule has 0 saturated carbocycles. The van der Waals surface area contributed by atoms with Crippen LogP contribution in [0.5, 0.6) is 5.75 Å². The van der Waals surface area contributed by atoms with Crippen LogP contribution in [-0.4, -0.2) is 27.3 Å². The van der Waals surface area contributed by atoms with Crippen LogP contribution in [0.15, 0.2) is 48.5 Å². The normalized spacial score (nSPS) is 16.0. The Balaban J connectivity index is 1.85. The van der Waals surface area contributed by atoms with Gasteiger partial charge in [-0.3, -0.25) is 0 Å². The third kappa shape index (κ3) is 2.83. The number of methoxy groups -OCH3 is 1. The van der Waals surface area contributed by atoms with Gasteiger partial charge in [0.15, 0.2) is 0 Å². The maximum absolute atomic E-state index is 6.42. The largest absolute Gasteiger partial charge is 0.497 e. The van der Waals surface area contributed by atoms with Crippen molar-refractivity contribution in [1.29, 1.82) is 0 Å². The molecule has 25 heavy (non-hydrogen) atoms. The van der Waals surface area contributed by atoms with Crippen LogP contribution >= 0.6 is 23.2 Å². The first-order valence-electron chi connectivity index (χ1n) is 7.52. The van der Waals surface area contributed by atoms with Crippen molar-refractivity contribution in [3.05, 3.63) is 69.7 Å². The predicted octanol–water partition coefficient (Wildman–Crippen LogP) is 4.04. The van der Waals surface area contributed by atoms with E-state index in [0.717, 1.165) is 22.6 Å². The number of ether oxygens (including phenoxy) is 1. The van der Waals surface area contributed by atoms with Crippen molar-refractivity contribution in [1.82, 2.24) is 20.2 Å². The number of nitrogens with one attached hydrogen (secondary N) is 1. The highest BCUT2D eigenvalue weighted by Gasteiger charge is 2.26. The molecular formula is C17H13Cl2N5O. The number of tetrazole rings is 1. The van der Waals surface area contributed by atoms with Crippen LogP contribution < -0.4 is 10.1 Å². The Morgan fingerprint density at radius 1 is 1.16 bits per heavy atom. The standard InChI is InChI=1S/C17H13Cl2N5O/c1-25-11-5-2-4-10(8-11)14-9-15(24-17(20-14)21-22-23-24)12-6-3-7-13(18)16(12)19/h2-9,15H,1H3,(H,20,21,23)/t15-/m1/s1. The van der Waals surface area contributed by atoms with E-state index in [1.807, 2.05) is 42.5 Å². The molecule has 1 aliphatic rings. The van der Waals surface area contributed by atoms with Crippen molar-refractivity contribution in [3.63, 3.8) is 0 Å². The summed E-state index contributed by atoms with van der Waals surface area (Å²) < 4.78 is 6.98. The minimum atomic E-state index is -0.279. The summed E-state index contributed by atoms with van der Waals surface area (Å²) in [6.45, 7) is 0. The number of fused-ring (bicyclic) bond motifs is 1. The van der Waals surface area contributed by atoms with Gasteiger partial charge in [-0.2, -0.15) is 4.68 Å². The molecule has 3 aromatic rings. The van der Waals surface area contributed by atoms with Gasteiger partial charge in [0.05, 0.1) is 17.2 Å². The Bertz CT molecular complexity index is 969. The fraction of sp³-hybridized carbons (Fsp3) is 0.118. The molecule has 0 amide bonds. The first kappa shape index (κ1) is 15.9. The summed E-state index contributed by atoms with van der Waals surface area (Å²) in [6, 6.07) is 13.0. The number of hydrogen-bond donors (Lipinski definition) is 1. The summed E-state index contributed by atoms with van der Waals surface area (Å²) in [5, 5.41) is 16.1. The highest BCUT2D eigenvalue weighted by atomic mass is 35.5. The van der Waals surface area contributed by atoms with Crippen LogP contribution in [0.3, 0.4) is 0 Å². The first-order valence-corrected chi connectivity index (χ1v) is 8.28. The molecule has 4 rings (SSSR count).